The number of hydrogen-bond donors (Lipinski definition) is 1. The fraction of sp³-hybridized carbons (Fsp3) is 0.462. The van der Waals surface area contributed by atoms with E-state index in [0.29, 0.717) is 12.5 Å². The van der Waals surface area contributed by atoms with Crippen LogP contribution in [0.5, 0.6) is 5.75 Å². The minimum atomic E-state index is 0.00315. The molecule has 1 aliphatic rings. The van der Waals surface area contributed by atoms with Gasteiger partial charge in [0.2, 0.25) is 0 Å². The Labute approximate surface area is 95.8 Å². The predicted octanol–water partition coefficient (Wildman–Crippen LogP) is 2.01. The monoisotopic (exact) mass is 219 g/mol. The second kappa shape index (κ2) is 4.56. The number of ether oxygens (including phenoxy) is 1. The van der Waals surface area contributed by atoms with Crippen LogP contribution >= 0.6 is 0 Å². The molecule has 0 saturated heterocycles. The first-order chi connectivity index (χ1) is 7.66. The van der Waals surface area contributed by atoms with Gasteiger partial charge in [0, 0.05) is 18.5 Å². The molecule has 0 saturated carbocycles. The predicted molar refractivity (Wildman–Crippen MR) is 62.8 cm³/mol. The summed E-state index contributed by atoms with van der Waals surface area (Å²) in [7, 11) is 0. The van der Waals surface area contributed by atoms with Crippen LogP contribution in [-0.2, 0) is 6.42 Å². The maximum Gasteiger partial charge on any atom is 0.251 e. The first-order valence-electron chi connectivity index (χ1n) is 5.71. The Bertz CT molecular complexity index is 399. The maximum absolute atomic E-state index is 11.8. The van der Waals surface area contributed by atoms with Crippen LogP contribution in [0.1, 0.15) is 29.8 Å². The Hall–Kier alpha value is -1.51. The van der Waals surface area contributed by atoms with E-state index in [2.05, 4.69) is 19.2 Å². The zero-order chi connectivity index (χ0) is 11.5. The molecule has 0 atom stereocenters. The molecule has 1 aromatic rings. The lowest BCUT2D eigenvalue weighted by Crippen LogP contribution is -2.27. The fourth-order valence-corrected chi connectivity index (χ4v) is 1.73. The smallest absolute Gasteiger partial charge is 0.251 e. The van der Waals surface area contributed by atoms with Crippen molar-refractivity contribution in [2.24, 2.45) is 5.92 Å². The summed E-state index contributed by atoms with van der Waals surface area (Å²) in [6, 6.07) is 5.63. The summed E-state index contributed by atoms with van der Waals surface area (Å²) >= 11 is 0. The Balaban J connectivity index is 2.06. The molecule has 1 amide bonds. The van der Waals surface area contributed by atoms with Gasteiger partial charge in [-0.15, -0.1) is 0 Å². The third kappa shape index (κ3) is 2.35. The molecule has 1 heterocycles. The number of carbonyl (C=O) groups is 1. The maximum atomic E-state index is 11.8. The summed E-state index contributed by atoms with van der Waals surface area (Å²) in [5, 5.41) is 2.91. The van der Waals surface area contributed by atoms with Gasteiger partial charge < -0.3 is 10.1 Å². The molecular formula is C13H17NO2. The molecule has 1 N–H and O–H groups in total. The van der Waals surface area contributed by atoms with E-state index in [1.54, 1.807) is 0 Å². The van der Waals surface area contributed by atoms with E-state index in [-0.39, 0.29) is 5.91 Å². The molecular weight excluding hydrogens is 202 g/mol. The van der Waals surface area contributed by atoms with E-state index in [0.717, 1.165) is 29.9 Å². The first-order valence-corrected chi connectivity index (χ1v) is 5.71. The normalized spacial score (nSPS) is 13.4. The molecule has 2 rings (SSSR count). The number of rotatable bonds is 3. The minimum absolute atomic E-state index is 0.00315. The van der Waals surface area contributed by atoms with Gasteiger partial charge in [-0.25, -0.2) is 0 Å². The Morgan fingerprint density at radius 2 is 2.31 bits per heavy atom. The lowest BCUT2D eigenvalue weighted by atomic mass is 10.1. The molecule has 0 spiro atoms. The highest BCUT2D eigenvalue weighted by molar-refractivity contribution is 5.94. The molecule has 0 radical (unpaired) electrons. The summed E-state index contributed by atoms with van der Waals surface area (Å²) in [5.74, 6) is 1.39. The molecule has 0 fully saturated rings. The number of nitrogens with one attached hydrogen (secondary N) is 1. The van der Waals surface area contributed by atoms with Gasteiger partial charge in [0.25, 0.3) is 5.91 Å². The van der Waals surface area contributed by atoms with Crippen LogP contribution in [0.3, 0.4) is 0 Å². The van der Waals surface area contributed by atoms with Gasteiger partial charge in [-0.2, -0.15) is 0 Å². The molecule has 3 heteroatoms. The van der Waals surface area contributed by atoms with Crippen LogP contribution in [0.4, 0.5) is 0 Å². The number of fused-ring (bicyclic) bond motifs is 1. The Morgan fingerprint density at radius 1 is 1.50 bits per heavy atom. The van der Waals surface area contributed by atoms with Crippen molar-refractivity contribution in [2.75, 3.05) is 13.2 Å². The summed E-state index contributed by atoms with van der Waals surface area (Å²) in [4.78, 5) is 11.8. The van der Waals surface area contributed by atoms with E-state index < -0.39 is 0 Å². The van der Waals surface area contributed by atoms with E-state index in [1.165, 1.54) is 0 Å². The number of carbonyl (C=O) groups excluding carboxylic acids is 1. The van der Waals surface area contributed by atoms with E-state index in [4.69, 9.17) is 4.74 Å². The second-order valence-corrected chi connectivity index (χ2v) is 4.52. The molecule has 0 aromatic heterocycles. The van der Waals surface area contributed by atoms with E-state index in [9.17, 15) is 4.79 Å². The van der Waals surface area contributed by atoms with Crippen LogP contribution in [-0.4, -0.2) is 19.1 Å². The standard InChI is InChI=1S/C13H17NO2/c1-9(2)8-14-13(15)11-3-4-12-10(7-11)5-6-16-12/h3-4,7,9H,5-6,8H2,1-2H3,(H,14,15). The first kappa shape index (κ1) is 11.0. The van der Waals surface area contributed by atoms with E-state index in [1.807, 2.05) is 18.2 Å². The molecule has 0 unspecified atom stereocenters. The minimum Gasteiger partial charge on any atom is -0.493 e. The van der Waals surface area contributed by atoms with Gasteiger partial charge in [0.1, 0.15) is 5.75 Å². The van der Waals surface area contributed by atoms with Gasteiger partial charge in [0.15, 0.2) is 0 Å². The molecule has 16 heavy (non-hydrogen) atoms. The average molecular weight is 219 g/mol. The van der Waals surface area contributed by atoms with Crippen LogP contribution < -0.4 is 10.1 Å². The Morgan fingerprint density at radius 3 is 3.06 bits per heavy atom. The molecule has 86 valence electrons. The van der Waals surface area contributed by atoms with Crippen molar-refractivity contribution in [1.82, 2.24) is 5.32 Å². The fourth-order valence-electron chi connectivity index (χ4n) is 1.73. The van der Waals surface area contributed by atoms with Crippen molar-refractivity contribution in [1.29, 1.82) is 0 Å². The summed E-state index contributed by atoms with van der Waals surface area (Å²) < 4.78 is 5.40. The van der Waals surface area contributed by atoms with Gasteiger partial charge >= 0.3 is 0 Å². The van der Waals surface area contributed by atoms with Crippen LogP contribution in [0.25, 0.3) is 0 Å². The third-order valence-electron chi connectivity index (χ3n) is 2.62. The van der Waals surface area contributed by atoms with Gasteiger partial charge in [0.05, 0.1) is 6.61 Å². The molecule has 3 nitrogen and oxygen atoms in total. The molecule has 0 aliphatic carbocycles. The lowest BCUT2D eigenvalue weighted by molar-refractivity contribution is 0.0949. The number of benzene rings is 1. The average Bonchev–Trinajstić information content (AvgIpc) is 2.72. The zero-order valence-corrected chi connectivity index (χ0v) is 9.75. The van der Waals surface area contributed by atoms with Gasteiger partial charge in [-0.1, -0.05) is 13.8 Å². The lowest BCUT2D eigenvalue weighted by Gasteiger charge is -2.08. The van der Waals surface area contributed by atoms with Gasteiger partial charge in [-0.05, 0) is 29.7 Å². The van der Waals surface area contributed by atoms with E-state index >= 15 is 0 Å². The Kier molecular flexibility index (Phi) is 3.13. The molecule has 1 aromatic carbocycles. The highest BCUT2D eigenvalue weighted by Gasteiger charge is 2.14. The highest BCUT2D eigenvalue weighted by Crippen LogP contribution is 2.25. The topological polar surface area (TPSA) is 38.3 Å². The van der Waals surface area contributed by atoms with Crippen LogP contribution in [0.15, 0.2) is 18.2 Å². The van der Waals surface area contributed by atoms with Crippen LogP contribution in [0.2, 0.25) is 0 Å². The van der Waals surface area contributed by atoms with Crippen LogP contribution in [0, 0.1) is 5.92 Å². The number of amides is 1. The SMILES string of the molecule is CC(C)CNC(=O)c1ccc2c(c1)CCO2. The highest BCUT2D eigenvalue weighted by atomic mass is 16.5. The molecule has 0 bridgehead atoms. The number of hydrogen-bond acceptors (Lipinski definition) is 2. The largest absolute Gasteiger partial charge is 0.493 e. The van der Waals surface area contributed by atoms with Crippen molar-refractivity contribution < 1.29 is 9.53 Å². The second-order valence-electron chi connectivity index (χ2n) is 4.52. The third-order valence-corrected chi connectivity index (χ3v) is 2.62. The summed E-state index contributed by atoms with van der Waals surface area (Å²) in [6.07, 6.45) is 0.903. The van der Waals surface area contributed by atoms with Crippen molar-refractivity contribution in [3.63, 3.8) is 0 Å². The van der Waals surface area contributed by atoms with Crippen molar-refractivity contribution in [3.8, 4) is 5.75 Å². The summed E-state index contributed by atoms with van der Waals surface area (Å²) in [6.45, 7) is 5.60. The quantitative estimate of drug-likeness (QED) is 0.844. The van der Waals surface area contributed by atoms with Crippen molar-refractivity contribution in [3.05, 3.63) is 29.3 Å². The molecule has 1 aliphatic heterocycles. The summed E-state index contributed by atoms with van der Waals surface area (Å²) in [5.41, 5.74) is 1.86. The zero-order valence-electron chi connectivity index (χ0n) is 9.75. The van der Waals surface area contributed by atoms with Crippen molar-refractivity contribution >= 4 is 5.91 Å². The van der Waals surface area contributed by atoms with Crippen molar-refractivity contribution in [2.45, 2.75) is 20.3 Å². The van der Waals surface area contributed by atoms with Gasteiger partial charge in [-0.3, -0.25) is 4.79 Å².